The fraction of sp³-hybridized carbons (Fsp3) is 0.625. The van der Waals surface area contributed by atoms with Gasteiger partial charge >= 0.3 is 6.09 Å². The molecule has 270 valence electrons. The van der Waals surface area contributed by atoms with Gasteiger partial charge in [-0.05, 0) is 117 Å². The molecule has 0 aliphatic rings. The Hall–Kier alpha value is -3.47. The Bertz CT molecular complexity index is 1490. The highest BCUT2D eigenvalue weighted by Gasteiger charge is 2.30. The molecule has 0 aliphatic carbocycles. The molecule has 0 saturated heterocycles. The van der Waals surface area contributed by atoms with E-state index in [0.29, 0.717) is 46.7 Å². The Morgan fingerprint density at radius 2 is 1.79 bits per heavy atom. The smallest absolute Gasteiger partial charge is 0.408 e. The summed E-state index contributed by atoms with van der Waals surface area (Å²) in [6.07, 6.45) is 2.16. The summed E-state index contributed by atoms with van der Waals surface area (Å²) in [5.41, 5.74) is 6.98. The molecule has 0 saturated carbocycles. The van der Waals surface area contributed by atoms with Crippen LogP contribution in [0, 0.1) is 20.8 Å². The van der Waals surface area contributed by atoms with Crippen LogP contribution in [-0.2, 0) is 19.6 Å². The number of alkyl carbamates (subject to hydrolysis) is 1. The van der Waals surface area contributed by atoms with Gasteiger partial charge in [-0.1, -0.05) is 0 Å². The van der Waals surface area contributed by atoms with Crippen molar-refractivity contribution in [3.05, 3.63) is 39.3 Å². The van der Waals surface area contributed by atoms with E-state index in [0.717, 1.165) is 13.0 Å². The number of hydrogen-bond donors (Lipinski definition) is 5. The molecule has 1 unspecified atom stereocenters. The summed E-state index contributed by atoms with van der Waals surface area (Å²) in [5, 5.41) is 18.9. The van der Waals surface area contributed by atoms with E-state index in [2.05, 4.69) is 25.3 Å². The largest absolute Gasteiger partial charge is 0.496 e. The van der Waals surface area contributed by atoms with Crippen LogP contribution >= 0.6 is 11.3 Å². The first-order valence-corrected chi connectivity index (χ1v) is 18.2. The molecule has 2 aromatic rings. The Morgan fingerprint density at radius 1 is 1.10 bits per heavy atom. The van der Waals surface area contributed by atoms with E-state index in [1.54, 1.807) is 59.2 Å². The zero-order chi connectivity index (χ0) is 36.2. The summed E-state index contributed by atoms with van der Waals surface area (Å²) < 4.78 is 39.5. The van der Waals surface area contributed by atoms with Crippen LogP contribution in [0.2, 0.25) is 0 Å². The standard InChI is InChI=1S/C32H53N7O7S2/c1-20-19-25(45-9)21(2)22(3)27(20)48(43,44)38-30(33)35-15-12-14-23(26(40)29-34-16-18-47-29)36-28(41)24(13-10-11-17-39(7)8)37-31(42)46-32(4,5)6/h16,18-19,23-24,26,40H,10-15,17H2,1-9H3,(H,36,41)(H,37,42)(H3,33,35,38)/t23-,24-,26?/m0/s1. The molecular weight excluding hydrogens is 659 g/mol. The van der Waals surface area contributed by atoms with Crippen molar-refractivity contribution in [2.75, 3.05) is 34.3 Å². The lowest BCUT2D eigenvalue weighted by molar-refractivity contribution is -0.125. The van der Waals surface area contributed by atoms with E-state index in [-0.39, 0.29) is 23.8 Å². The Kier molecular flexibility index (Phi) is 15.5. The molecule has 0 spiro atoms. The first kappa shape index (κ1) is 40.7. The molecule has 14 nitrogen and oxygen atoms in total. The fourth-order valence-corrected chi connectivity index (χ4v) is 7.19. The maximum Gasteiger partial charge on any atom is 0.408 e. The zero-order valence-corrected chi connectivity index (χ0v) is 31.2. The van der Waals surface area contributed by atoms with E-state index in [4.69, 9.17) is 15.2 Å². The molecule has 16 heteroatoms. The fourth-order valence-electron chi connectivity index (χ4n) is 5.02. The van der Waals surface area contributed by atoms with Gasteiger partial charge in [-0.3, -0.25) is 9.79 Å². The number of aryl methyl sites for hydroxylation is 1. The number of aliphatic hydroxyl groups is 1. The molecule has 1 aromatic heterocycles. The van der Waals surface area contributed by atoms with Crippen molar-refractivity contribution >= 4 is 39.3 Å². The second-order valence-electron chi connectivity index (χ2n) is 12.9. The topological polar surface area (TPSA) is 198 Å². The maximum absolute atomic E-state index is 13.6. The first-order valence-electron chi connectivity index (χ1n) is 15.9. The number of benzene rings is 1. The molecule has 1 aromatic carbocycles. The number of nitrogens with zero attached hydrogens (tertiary/aromatic N) is 3. The van der Waals surface area contributed by atoms with E-state index in [1.165, 1.54) is 18.4 Å². The lowest BCUT2D eigenvalue weighted by Gasteiger charge is -2.27. The van der Waals surface area contributed by atoms with Crippen molar-refractivity contribution in [3.63, 3.8) is 0 Å². The predicted octanol–water partition coefficient (Wildman–Crippen LogP) is 3.29. The van der Waals surface area contributed by atoms with E-state index in [9.17, 15) is 23.1 Å². The normalized spacial score (nSPS) is 14.3. The Balaban J connectivity index is 2.16. The molecule has 6 N–H and O–H groups in total. The van der Waals surface area contributed by atoms with Gasteiger partial charge in [-0.2, -0.15) is 0 Å². The monoisotopic (exact) mass is 711 g/mol. The minimum Gasteiger partial charge on any atom is -0.496 e. The van der Waals surface area contributed by atoms with Crippen molar-refractivity contribution in [3.8, 4) is 5.75 Å². The third kappa shape index (κ3) is 12.9. The number of nitrogens with one attached hydrogen (secondary N) is 3. The summed E-state index contributed by atoms with van der Waals surface area (Å²) >= 11 is 1.25. The molecular formula is C32H53N7O7S2. The lowest BCUT2D eigenvalue weighted by atomic mass is 10.0. The number of aliphatic hydroxyl groups excluding tert-OH is 1. The molecule has 2 amide bonds. The van der Waals surface area contributed by atoms with Crippen LogP contribution in [0.1, 0.15) is 80.7 Å². The number of aromatic nitrogens is 1. The molecule has 0 bridgehead atoms. The van der Waals surface area contributed by atoms with E-state index < -0.39 is 45.8 Å². The predicted molar refractivity (Wildman–Crippen MR) is 188 cm³/mol. The lowest BCUT2D eigenvalue weighted by Crippen LogP contribution is -2.51. The number of hydrogen-bond acceptors (Lipinski definition) is 11. The van der Waals surface area contributed by atoms with Gasteiger partial charge in [-0.25, -0.2) is 22.9 Å². The van der Waals surface area contributed by atoms with Gasteiger partial charge in [0, 0.05) is 18.1 Å². The molecule has 0 radical (unpaired) electrons. The second-order valence-corrected chi connectivity index (χ2v) is 15.5. The highest BCUT2D eigenvalue weighted by atomic mass is 32.2. The SMILES string of the molecule is COc1cc(C)c(S(=O)(=O)NC(N)=NCCC[C@H](NC(=O)[C@H](CCCCN(C)C)NC(=O)OC(C)(C)C)C(O)c2nccs2)c(C)c1C. The summed E-state index contributed by atoms with van der Waals surface area (Å²) in [5.74, 6) is -0.172. The Morgan fingerprint density at radius 3 is 2.38 bits per heavy atom. The van der Waals surface area contributed by atoms with E-state index in [1.807, 2.05) is 19.0 Å². The number of ether oxygens (including phenoxy) is 2. The number of thiazole rings is 1. The molecule has 2 rings (SSSR count). The number of unbranched alkanes of at least 4 members (excludes halogenated alkanes) is 1. The number of guanidine groups is 1. The average Bonchev–Trinajstić information content (AvgIpc) is 3.51. The van der Waals surface area contributed by atoms with Crippen LogP contribution < -0.4 is 25.8 Å². The van der Waals surface area contributed by atoms with Gasteiger partial charge in [0.25, 0.3) is 10.0 Å². The third-order valence-electron chi connectivity index (χ3n) is 7.43. The molecule has 3 atom stereocenters. The number of amides is 2. The van der Waals surface area contributed by atoms with Crippen molar-refractivity contribution in [1.29, 1.82) is 0 Å². The van der Waals surface area contributed by atoms with Crippen molar-refractivity contribution < 1.29 is 32.6 Å². The third-order valence-corrected chi connectivity index (χ3v) is 9.92. The second kappa shape index (κ2) is 18.3. The summed E-state index contributed by atoms with van der Waals surface area (Å²) in [6, 6.07) is -0.0252. The highest BCUT2D eigenvalue weighted by Crippen LogP contribution is 2.30. The van der Waals surface area contributed by atoms with Gasteiger partial charge < -0.3 is 35.8 Å². The summed E-state index contributed by atoms with van der Waals surface area (Å²) in [4.78, 5) is 36.7. The van der Waals surface area contributed by atoms with Crippen LogP contribution in [0.5, 0.6) is 5.75 Å². The number of sulfonamides is 1. The van der Waals surface area contributed by atoms with Gasteiger partial charge in [0.2, 0.25) is 11.9 Å². The number of carbonyl (C=O) groups excluding carboxylic acids is 2. The highest BCUT2D eigenvalue weighted by molar-refractivity contribution is 7.90. The van der Waals surface area contributed by atoms with Gasteiger partial charge in [0.15, 0.2) is 0 Å². The van der Waals surface area contributed by atoms with Gasteiger partial charge in [-0.15, -0.1) is 11.3 Å². The first-order chi connectivity index (χ1) is 22.4. The molecule has 48 heavy (non-hydrogen) atoms. The molecule has 1 heterocycles. The van der Waals surface area contributed by atoms with Crippen LogP contribution in [0.25, 0.3) is 0 Å². The van der Waals surface area contributed by atoms with Crippen LogP contribution in [0.15, 0.2) is 27.5 Å². The number of rotatable bonds is 17. The number of aliphatic imine (C=N–C) groups is 1. The van der Waals surface area contributed by atoms with Crippen molar-refractivity contribution in [1.82, 2.24) is 25.2 Å². The number of carbonyl (C=O) groups is 2. The van der Waals surface area contributed by atoms with Gasteiger partial charge in [0.05, 0.1) is 18.0 Å². The van der Waals surface area contributed by atoms with Crippen molar-refractivity contribution in [2.24, 2.45) is 10.7 Å². The minimum absolute atomic E-state index is 0.101. The zero-order valence-electron chi connectivity index (χ0n) is 29.5. The summed E-state index contributed by atoms with van der Waals surface area (Å²) in [6.45, 7) is 11.3. The number of methoxy groups -OCH3 is 1. The quantitative estimate of drug-likeness (QED) is 0.0922. The van der Waals surface area contributed by atoms with Crippen LogP contribution in [0.4, 0.5) is 4.79 Å². The van der Waals surface area contributed by atoms with Crippen LogP contribution in [-0.4, -0.2) is 93.3 Å². The van der Waals surface area contributed by atoms with Crippen molar-refractivity contribution in [2.45, 2.75) is 102 Å². The van der Waals surface area contributed by atoms with Gasteiger partial charge in [0.1, 0.15) is 28.5 Å². The molecule has 0 fully saturated rings. The van der Waals surface area contributed by atoms with E-state index >= 15 is 0 Å². The Labute approximate surface area is 288 Å². The minimum atomic E-state index is -4.04. The number of nitrogens with two attached hydrogens (primary N) is 1. The molecule has 0 aliphatic heterocycles. The average molecular weight is 712 g/mol. The summed E-state index contributed by atoms with van der Waals surface area (Å²) in [7, 11) is 1.41. The van der Waals surface area contributed by atoms with Crippen LogP contribution in [0.3, 0.4) is 0 Å². The maximum atomic E-state index is 13.6.